The molecule has 37 heavy (non-hydrogen) atoms. The first-order chi connectivity index (χ1) is 18.0. The van der Waals surface area contributed by atoms with Gasteiger partial charge in [0.2, 0.25) is 5.91 Å². The maximum Gasteiger partial charge on any atom is 0.311 e. The second kappa shape index (κ2) is 9.65. The summed E-state index contributed by atoms with van der Waals surface area (Å²) in [7, 11) is 0. The number of ether oxygens (including phenoxy) is 1. The third-order valence-corrected chi connectivity index (χ3v) is 9.76. The highest BCUT2D eigenvalue weighted by atomic mass is 32.2. The number of carbonyl (C=O) groups excluding carboxylic acids is 3. The lowest BCUT2D eigenvalue weighted by Crippen LogP contribution is -2.53. The van der Waals surface area contributed by atoms with E-state index < -0.39 is 22.6 Å². The lowest BCUT2D eigenvalue weighted by molar-refractivity contribution is -0.151. The van der Waals surface area contributed by atoms with E-state index in [0.29, 0.717) is 25.9 Å². The molecule has 1 N–H and O–H groups in total. The number of amides is 2. The molecule has 0 aliphatic carbocycles. The van der Waals surface area contributed by atoms with Crippen molar-refractivity contribution < 1.29 is 24.2 Å². The summed E-state index contributed by atoms with van der Waals surface area (Å²) >= 11 is 1.56. The SMILES string of the molecule is O=C1OCC=C[C@@H]2S[C@]34C=CCN(c5ccc6ccccc6c5)C(=O)C3N(CCCCCO)C(=O)[C@@H]4[C@H]12. The number of fused-ring (bicyclic) bond motifs is 3. The average molecular weight is 519 g/mol. The van der Waals surface area contributed by atoms with Gasteiger partial charge in [0.15, 0.2) is 0 Å². The van der Waals surface area contributed by atoms with Crippen molar-refractivity contribution in [3.05, 3.63) is 66.8 Å². The van der Waals surface area contributed by atoms with Crippen molar-refractivity contribution in [3.63, 3.8) is 0 Å². The summed E-state index contributed by atoms with van der Waals surface area (Å²) in [4.78, 5) is 45.0. The smallest absolute Gasteiger partial charge is 0.311 e. The molecule has 2 saturated heterocycles. The van der Waals surface area contributed by atoms with Crippen LogP contribution in [-0.2, 0) is 19.1 Å². The number of nitrogens with zero attached hydrogens (tertiary/aromatic N) is 2. The van der Waals surface area contributed by atoms with Gasteiger partial charge in [0.1, 0.15) is 12.6 Å². The average Bonchev–Trinajstić information content (AvgIpc) is 3.20. The molecule has 2 fully saturated rings. The minimum absolute atomic E-state index is 0.0964. The Labute approximate surface area is 220 Å². The Morgan fingerprint density at radius 3 is 2.68 bits per heavy atom. The summed E-state index contributed by atoms with van der Waals surface area (Å²) in [6.07, 6.45) is 9.89. The van der Waals surface area contributed by atoms with Crippen LogP contribution < -0.4 is 4.90 Å². The molecule has 4 heterocycles. The van der Waals surface area contributed by atoms with Crippen LogP contribution in [0.25, 0.3) is 10.8 Å². The molecule has 2 aromatic rings. The molecule has 2 amide bonds. The van der Waals surface area contributed by atoms with Gasteiger partial charge in [-0.05, 0) is 42.2 Å². The largest absolute Gasteiger partial charge is 0.461 e. The highest BCUT2D eigenvalue weighted by molar-refractivity contribution is 8.02. The summed E-state index contributed by atoms with van der Waals surface area (Å²) in [6, 6.07) is 13.3. The first-order valence-electron chi connectivity index (χ1n) is 13.0. The quantitative estimate of drug-likeness (QED) is 0.359. The molecule has 192 valence electrons. The Morgan fingerprint density at radius 2 is 1.84 bits per heavy atom. The zero-order valence-corrected chi connectivity index (χ0v) is 21.3. The second-order valence-electron chi connectivity index (χ2n) is 10.1. The number of rotatable bonds is 6. The lowest BCUT2D eigenvalue weighted by Gasteiger charge is -2.35. The summed E-state index contributed by atoms with van der Waals surface area (Å²) in [6.45, 7) is 1.11. The number of aliphatic hydroxyl groups excluding tert-OH is 1. The molecule has 8 heteroatoms. The number of likely N-dealkylation sites (tertiary alicyclic amines) is 1. The first kappa shape index (κ1) is 24.2. The molecule has 4 aliphatic rings. The van der Waals surface area contributed by atoms with E-state index in [1.165, 1.54) is 0 Å². The number of esters is 1. The Bertz CT molecular complexity index is 1310. The van der Waals surface area contributed by atoms with E-state index in [4.69, 9.17) is 4.74 Å². The zero-order chi connectivity index (χ0) is 25.6. The van der Waals surface area contributed by atoms with Crippen LogP contribution in [0.5, 0.6) is 0 Å². The fourth-order valence-electron chi connectivity index (χ4n) is 6.36. The van der Waals surface area contributed by atoms with Gasteiger partial charge in [-0.2, -0.15) is 0 Å². The van der Waals surface area contributed by atoms with Crippen LogP contribution in [0.2, 0.25) is 0 Å². The van der Waals surface area contributed by atoms with Gasteiger partial charge in [0.05, 0.1) is 16.6 Å². The third kappa shape index (κ3) is 3.89. The number of anilines is 1. The van der Waals surface area contributed by atoms with Gasteiger partial charge in [-0.3, -0.25) is 14.4 Å². The van der Waals surface area contributed by atoms with Gasteiger partial charge >= 0.3 is 5.97 Å². The van der Waals surface area contributed by atoms with Crippen molar-refractivity contribution >= 4 is 46.0 Å². The number of hydrogen-bond acceptors (Lipinski definition) is 6. The van der Waals surface area contributed by atoms with Gasteiger partial charge in [-0.1, -0.05) is 54.6 Å². The van der Waals surface area contributed by atoms with Crippen LogP contribution in [0.1, 0.15) is 19.3 Å². The van der Waals surface area contributed by atoms with Crippen molar-refractivity contribution in [2.75, 3.05) is 31.2 Å². The fraction of sp³-hybridized carbons (Fsp3) is 0.414. The molecule has 6 rings (SSSR count). The molecule has 5 atom stereocenters. The monoisotopic (exact) mass is 518 g/mol. The molecular weight excluding hydrogens is 488 g/mol. The molecule has 0 radical (unpaired) electrons. The van der Waals surface area contributed by atoms with Crippen LogP contribution in [0.4, 0.5) is 5.69 Å². The predicted molar refractivity (Wildman–Crippen MR) is 143 cm³/mol. The number of thioether (sulfide) groups is 1. The van der Waals surface area contributed by atoms with Gasteiger partial charge in [0, 0.05) is 30.6 Å². The third-order valence-electron chi connectivity index (χ3n) is 8.02. The number of carbonyl (C=O) groups is 3. The lowest BCUT2D eigenvalue weighted by atomic mass is 9.78. The van der Waals surface area contributed by atoms with Crippen molar-refractivity contribution in [1.82, 2.24) is 4.90 Å². The van der Waals surface area contributed by atoms with Gasteiger partial charge in [-0.15, -0.1) is 11.8 Å². The predicted octanol–water partition coefficient (Wildman–Crippen LogP) is 3.32. The van der Waals surface area contributed by atoms with Gasteiger partial charge in [-0.25, -0.2) is 0 Å². The second-order valence-corrected chi connectivity index (χ2v) is 11.6. The number of cyclic esters (lactones) is 1. The number of hydrogen-bond donors (Lipinski definition) is 1. The van der Waals surface area contributed by atoms with E-state index in [2.05, 4.69) is 0 Å². The van der Waals surface area contributed by atoms with Crippen molar-refractivity contribution in [1.29, 1.82) is 0 Å². The summed E-state index contributed by atoms with van der Waals surface area (Å²) < 4.78 is 4.59. The van der Waals surface area contributed by atoms with E-state index in [0.717, 1.165) is 22.9 Å². The molecular formula is C29H30N2O5S. The standard InChI is InChI=1S/C29H30N2O5S/c32-16-5-1-4-14-31-25-27(34)30(21-12-11-19-8-2-3-9-20(19)18-21)15-7-13-29(25)24(26(31)33)23-22(37-29)10-6-17-36-28(23)35/h2-3,6-13,18,22-25,32H,1,4-5,14-17H2/t22-,23+,24-,25?,29-/m0/s1. The highest BCUT2D eigenvalue weighted by Gasteiger charge is 2.71. The Morgan fingerprint density at radius 1 is 1.00 bits per heavy atom. The van der Waals surface area contributed by atoms with Crippen molar-refractivity contribution in [3.8, 4) is 0 Å². The Balaban J connectivity index is 1.41. The summed E-state index contributed by atoms with van der Waals surface area (Å²) in [5, 5.41) is 11.1. The van der Waals surface area contributed by atoms with E-state index in [-0.39, 0.29) is 36.2 Å². The molecule has 7 nitrogen and oxygen atoms in total. The highest BCUT2D eigenvalue weighted by Crippen LogP contribution is 2.61. The van der Waals surface area contributed by atoms with Crippen LogP contribution in [0.3, 0.4) is 0 Å². The number of benzene rings is 2. The number of unbranched alkanes of at least 4 members (excludes halogenated alkanes) is 2. The minimum Gasteiger partial charge on any atom is -0.461 e. The molecule has 0 aromatic heterocycles. The molecule has 4 aliphatic heterocycles. The molecule has 0 bridgehead atoms. The Kier molecular flexibility index (Phi) is 6.32. The Hall–Kier alpha value is -3.10. The fourth-order valence-corrected chi connectivity index (χ4v) is 8.36. The van der Waals surface area contributed by atoms with Crippen molar-refractivity contribution in [2.24, 2.45) is 11.8 Å². The van der Waals surface area contributed by atoms with Crippen LogP contribution in [0, 0.1) is 11.8 Å². The van der Waals surface area contributed by atoms with Crippen LogP contribution in [0.15, 0.2) is 66.8 Å². The molecule has 1 spiro atoms. The summed E-state index contributed by atoms with van der Waals surface area (Å²) in [5.74, 6) is -1.92. The maximum absolute atomic E-state index is 14.4. The van der Waals surface area contributed by atoms with Gasteiger partial charge in [0.25, 0.3) is 5.91 Å². The number of aliphatic hydroxyl groups is 1. The normalized spacial score (nSPS) is 30.7. The van der Waals surface area contributed by atoms with E-state index in [9.17, 15) is 19.5 Å². The van der Waals surface area contributed by atoms with E-state index in [1.807, 2.05) is 66.8 Å². The van der Waals surface area contributed by atoms with E-state index in [1.54, 1.807) is 21.6 Å². The maximum atomic E-state index is 14.4. The van der Waals surface area contributed by atoms with Crippen molar-refractivity contribution in [2.45, 2.75) is 35.3 Å². The molecule has 2 aromatic carbocycles. The minimum atomic E-state index is -0.840. The van der Waals surface area contributed by atoms with Gasteiger partial charge < -0.3 is 19.6 Å². The first-order valence-corrected chi connectivity index (χ1v) is 13.8. The topological polar surface area (TPSA) is 87.2 Å². The van der Waals surface area contributed by atoms with Crippen LogP contribution >= 0.6 is 11.8 Å². The van der Waals surface area contributed by atoms with Crippen LogP contribution in [-0.4, -0.2) is 70.1 Å². The molecule has 0 saturated carbocycles. The van der Waals surface area contributed by atoms with E-state index >= 15 is 0 Å². The summed E-state index contributed by atoms with van der Waals surface area (Å²) in [5.41, 5.74) is 0.790. The zero-order valence-electron chi connectivity index (χ0n) is 20.5. The molecule has 1 unspecified atom stereocenters.